The van der Waals surface area contributed by atoms with E-state index < -0.39 is 5.97 Å². The summed E-state index contributed by atoms with van der Waals surface area (Å²) in [6.07, 6.45) is 1.95. The van der Waals surface area contributed by atoms with Crippen LogP contribution in [0.4, 0.5) is 5.69 Å². The number of aromatic nitrogens is 1. The molecule has 1 aromatic heterocycles. The molecule has 0 radical (unpaired) electrons. The zero-order valence-electron chi connectivity index (χ0n) is 11.5. The largest absolute Gasteiger partial charge is 0.464 e. The average molecular weight is 294 g/mol. The summed E-state index contributed by atoms with van der Waals surface area (Å²) in [5.41, 5.74) is 6.61. The topological polar surface area (TPSA) is 122 Å². The maximum atomic E-state index is 11.9. The number of benzene rings is 1. The SMILES string of the molecule is COC(=O)c1c(N)c(C#N)cn1-c1ccc(C=O)cc1C#N. The Balaban J connectivity index is 2.78. The fraction of sp³-hybridized carbons (Fsp3) is 0.0667. The number of ether oxygens (including phenoxy) is 1. The first-order valence-electron chi connectivity index (χ1n) is 6.06. The molecule has 2 aromatic rings. The number of anilines is 1. The molecule has 0 fully saturated rings. The minimum Gasteiger partial charge on any atom is -0.464 e. The van der Waals surface area contributed by atoms with Gasteiger partial charge in [0, 0.05) is 11.8 Å². The predicted molar refractivity (Wildman–Crippen MR) is 76.3 cm³/mol. The Morgan fingerprint density at radius 2 is 2.00 bits per heavy atom. The van der Waals surface area contributed by atoms with Gasteiger partial charge in [0.25, 0.3) is 0 Å². The first-order valence-corrected chi connectivity index (χ1v) is 6.06. The van der Waals surface area contributed by atoms with E-state index in [4.69, 9.17) is 11.0 Å². The van der Waals surface area contributed by atoms with E-state index >= 15 is 0 Å². The van der Waals surface area contributed by atoms with Gasteiger partial charge in [-0.1, -0.05) is 0 Å². The highest BCUT2D eigenvalue weighted by Gasteiger charge is 2.23. The normalized spacial score (nSPS) is 9.59. The molecular weight excluding hydrogens is 284 g/mol. The Labute approximate surface area is 125 Å². The van der Waals surface area contributed by atoms with Crippen molar-refractivity contribution in [2.75, 3.05) is 12.8 Å². The van der Waals surface area contributed by atoms with Gasteiger partial charge in [0.2, 0.25) is 0 Å². The summed E-state index contributed by atoms with van der Waals surface area (Å²) in [5, 5.41) is 18.3. The minimum absolute atomic E-state index is 0.0299. The highest BCUT2D eigenvalue weighted by molar-refractivity contribution is 5.96. The Bertz CT molecular complexity index is 853. The van der Waals surface area contributed by atoms with Crippen molar-refractivity contribution in [3.63, 3.8) is 0 Å². The number of carbonyl (C=O) groups excluding carboxylic acids is 2. The molecule has 2 rings (SSSR count). The molecule has 2 N–H and O–H groups in total. The summed E-state index contributed by atoms with van der Waals surface area (Å²) in [4.78, 5) is 22.7. The molecule has 0 aliphatic rings. The van der Waals surface area contributed by atoms with E-state index in [2.05, 4.69) is 4.74 Å². The maximum Gasteiger partial charge on any atom is 0.357 e. The number of esters is 1. The van der Waals surface area contributed by atoms with E-state index in [0.29, 0.717) is 17.5 Å². The highest BCUT2D eigenvalue weighted by atomic mass is 16.5. The Hall–Kier alpha value is -3.58. The van der Waals surface area contributed by atoms with Crippen molar-refractivity contribution >= 4 is 17.9 Å². The lowest BCUT2D eigenvalue weighted by Crippen LogP contribution is -2.12. The summed E-state index contributed by atoms with van der Waals surface area (Å²) in [6.45, 7) is 0. The van der Waals surface area contributed by atoms with Crippen LogP contribution in [0.25, 0.3) is 5.69 Å². The minimum atomic E-state index is -0.734. The highest BCUT2D eigenvalue weighted by Crippen LogP contribution is 2.26. The van der Waals surface area contributed by atoms with Gasteiger partial charge in [-0.15, -0.1) is 0 Å². The molecule has 0 amide bonds. The molecule has 0 atom stereocenters. The first kappa shape index (κ1) is 14.8. The second kappa shape index (κ2) is 5.81. The molecule has 1 heterocycles. The van der Waals surface area contributed by atoms with Crippen molar-refractivity contribution in [3.8, 4) is 17.8 Å². The van der Waals surface area contributed by atoms with Gasteiger partial charge in [-0.3, -0.25) is 4.79 Å². The summed E-state index contributed by atoms with van der Waals surface area (Å²) >= 11 is 0. The third kappa shape index (κ3) is 2.28. The maximum absolute atomic E-state index is 11.9. The van der Waals surface area contributed by atoms with Gasteiger partial charge in [-0.2, -0.15) is 10.5 Å². The predicted octanol–water partition coefficient (Wildman–Crippen LogP) is 1.40. The van der Waals surface area contributed by atoms with Crippen LogP contribution in [0.5, 0.6) is 0 Å². The lowest BCUT2D eigenvalue weighted by atomic mass is 10.1. The molecule has 0 saturated heterocycles. The van der Waals surface area contributed by atoms with E-state index in [1.165, 1.54) is 36.1 Å². The van der Waals surface area contributed by atoms with Crippen molar-refractivity contribution in [1.82, 2.24) is 4.57 Å². The van der Waals surface area contributed by atoms with E-state index in [0.717, 1.165) is 0 Å². The van der Waals surface area contributed by atoms with Crippen LogP contribution in [-0.4, -0.2) is 23.9 Å². The monoisotopic (exact) mass is 294 g/mol. The van der Waals surface area contributed by atoms with Crippen molar-refractivity contribution in [2.24, 2.45) is 0 Å². The second-order valence-corrected chi connectivity index (χ2v) is 4.28. The van der Waals surface area contributed by atoms with Gasteiger partial charge in [0.15, 0.2) is 5.69 Å². The van der Waals surface area contributed by atoms with Crippen molar-refractivity contribution in [2.45, 2.75) is 0 Å². The van der Waals surface area contributed by atoms with Crippen LogP contribution in [-0.2, 0) is 4.74 Å². The van der Waals surface area contributed by atoms with Gasteiger partial charge < -0.3 is 15.0 Å². The zero-order chi connectivity index (χ0) is 16.3. The molecular formula is C15H10N4O3. The van der Waals surface area contributed by atoms with Crippen molar-refractivity contribution in [3.05, 3.63) is 46.8 Å². The lowest BCUT2D eigenvalue weighted by molar-refractivity contribution is 0.0593. The van der Waals surface area contributed by atoms with Crippen LogP contribution in [0.2, 0.25) is 0 Å². The Morgan fingerprint density at radius 1 is 1.32 bits per heavy atom. The summed E-state index contributed by atoms with van der Waals surface area (Å²) < 4.78 is 5.98. The number of nitrogen functional groups attached to an aromatic ring is 1. The van der Waals surface area contributed by atoms with Crippen LogP contribution >= 0.6 is 0 Å². The number of methoxy groups -OCH3 is 1. The van der Waals surface area contributed by atoms with Crippen LogP contribution in [0.15, 0.2) is 24.4 Å². The number of nitriles is 2. The molecule has 0 saturated carbocycles. The number of rotatable bonds is 3. The summed E-state index contributed by atoms with van der Waals surface area (Å²) in [6, 6.07) is 8.18. The van der Waals surface area contributed by atoms with Gasteiger partial charge >= 0.3 is 5.97 Å². The van der Waals surface area contributed by atoms with E-state index in [1.807, 2.05) is 12.1 Å². The number of hydrogen-bond donors (Lipinski definition) is 1. The fourth-order valence-electron chi connectivity index (χ4n) is 2.03. The van der Waals surface area contributed by atoms with Crippen LogP contribution in [0, 0.1) is 22.7 Å². The molecule has 1 aromatic carbocycles. The number of nitrogens with two attached hydrogens (primary N) is 1. The van der Waals surface area contributed by atoms with Gasteiger partial charge in [-0.05, 0) is 18.2 Å². The van der Waals surface area contributed by atoms with Gasteiger partial charge in [0.05, 0.1) is 29.6 Å². The first-order chi connectivity index (χ1) is 10.6. The van der Waals surface area contributed by atoms with Crippen LogP contribution in [0.3, 0.4) is 0 Å². The van der Waals surface area contributed by atoms with E-state index in [1.54, 1.807) is 0 Å². The molecule has 7 heteroatoms. The number of carbonyl (C=O) groups is 2. The third-order valence-electron chi connectivity index (χ3n) is 3.08. The van der Waals surface area contributed by atoms with Gasteiger partial charge in [0.1, 0.15) is 18.4 Å². The molecule has 7 nitrogen and oxygen atoms in total. The number of hydrogen-bond acceptors (Lipinski definition) is 6. The summed E-state index contributed by atoms with van der Waals surface area (Å²) in [5.74, 6) is -0.734. The fourth-order valence-corrected chi connectivity index (χ4v) is 2.03. The van der Waals surface area contributed by atoms with E-state index in [9.17, 15) is 14.9 Å². The molecule has 22 heavy (non-hydrogen) atoms. The molecule has 0 unspecified atom stereocenters. The van der Waals surface area contributed by atoms with Crippen molar-refractivity contribution < 1.29 is 14.3 Å². The van der Waals surface area contributed by atoms with E-state index in [-0.39, 0.29) is 22.5 Å². The number of aldehydes is 1. The molecule has 0 spiro atoms. The van der Waals surface area contributed by atoms with Crippen LogP contribution in [0.1, 0.15) is 32.0 Å². The lowest BCUT2D eigenvalue weighted by Gasteiger charge is -2.10. The molecule has 0 aliphatic carbocycles. The Kier molecular flexibility index (Phi) is 3.92. The molecule has 0 bridgehead atoms. The second-order valence-electron chi connectivity index (χ2n) is 4.28. The van der Waals surface area contributed by atoms with Crippen LogP contribution < -0.4 is 5.73 Å². The standard InChI is InChI=1S/C15H10N4O3/c1-22-15(21)14-13(18)11(6-17)7-19(14)12-3-2-9(8-20)4-10(12)5-16/h2-4,7-8H,18H2,1H3. The molecule has 0 aliphatic heterocycles. The smallest absolute Gasteiger partial charge is 0.357 e. The third-order valence-corrected chi connectivity index (χ3v) is 3.08. The average Bonchev–Trinajstić information content (AvgIpc) is 2.89. The number of nitrogens with zero attached hydrogens (tertiary/aromatic N) is 3. The Morgan fingerprint density at radius 3 is 2.55 bits per heavy atom. The molecule has 108 valence electrons. The summed E-state index contributed by atoms with van der Waals surface area (Å²) in [7, 11) is 1.19. The quantitative estimate of drug-likeness (QED) is 0.674. The van der Waals surface area contributed by atoms with Crippen molar-refractivity contribution in [1.29, 1.82) is 10.5 Å². The zero-order valence-corrected chi connectivity index (χ0v) is 11.5. The van der Waals surface area contributed by atoms with Gasteiger partial charge in [-0.25, -0.2) is 4.79 Å².